The molecule has 0 aliphatic heterocycles. The zero-order chi connectivity index (χ0) is 42.9. The molecule has 308 valence electrons. The molecule has 0 fully saturated rings. The fraction of sp³-hybridized carbons (Fsp3) is 0.233. The van der Waals surface area contributed by atoms with E-state index >= 15 is 0 Å². The number of allylic oxidation sites excluding steroid dienone is 3. The number of aliphatic hydroxyl groups is 1. The Labute approximate surface area is 340 Å². The molecule has 0 atom stereocenters. The van der Waals surface area contributed by atoms with Gasteiger partial charge in [0, 0.05) is 30.3 Å². The van der Waals surface area contributed by atoms with Gasteiger partial charge in [0.05, 0.1) is 14.2 Å². The van der Waals surface area contributed by atoms with E-state index in [0.29, 0.717) is 11.1 Å². The third-order valence-corrected chi connectivity index (χ3v) is 7.65. The second-order valence-electron chi connectivity index (χ2n) is 13.2. The first-order valence-corrected chi connectivity index (χ1v) is 18.2. The molecule has 0 saturated heterocycles. The van der Waals surface area contributed by atoms with Gasteiger partial charge in [0.1, 0.15) is 16.9 Å². The number of pyridine rings is 2. The van der Waals surface area contributed by atoms with Gasteiger partial charge in [0.2, 0.25) is 0 Å². The summed E-state index contributed by atoms with van der Waals surface area (Å²) in [5, 5.41) is 15.6. The molecule has 4 aromatic rings. The SMILES string of the molecule is COc1cc(/C=C/C(=O)/C=C(O)/C=C/c2ccc(OC(=O)c3ccc[n+](COC(=O)NC(C)C)c3)c(OC)c2)ccc1OC(=O)c1ccc[n+](COC(=O)NC(C)C)c1. The van der Waals surface area contributed by atoms with Gasteiger partial charge in [-0.25, -0.2) is 19.2 Å². The molecule has 2 aromatic carbocycles. The molecule has 0 saturated carbocycles. The lowest BCUT2D eigenvalue weighted by Gasteiger charge is -2.10. The number of carbonyl (C=O) groups is 5. The second kappa shape index (κ2) is 21.7. The third-order valence-electron chi connectivity index (χ3n) is 7.65. The van der Waals surface area contributed by atoms with Crippen LogP contribution in [-0.2, 0) is 27.7 Å². The first-order valence-electron chi connectivity index (χ1n) is 18.2. The summed E-state index contributed by atoms with van der Waals surface area (Å²) in [5.74, 6) is -1.46. The molecule has 16 heteroatoms. The van der Waals surface area contributed by atoms with Crippen LogP contribution in [0.25, 0.3) is 12.2 Å². The van der Waals surface area contributed by atoms with Gasteiger partial charge in [-0.05, 0) is 87.4 Å². The first-order chi connectivity index (χ1) is 28.2. The number of ketones is 1. The first kappa shape index (κ1) is 44.2. The molecule has 2 aromatic heterocycles. The second-order valence-corrected chi connectivity index (χ2v) is 13.2. The molecule has 0 bridgehead atoms. The maximum atomic E-state index is 12.9. The molecule has 59 heavy (non-hydrogen) atoms. The van der Waals surface area contributed by atoms with Crippen molar-refractivity contribution in [2.24, 2.45) is 0 Å². The topological polar surface area (TPSA) is 193 Å². The number of hydrogen-bond acceptors (Lipinski definition) is 12. The maximum absolute atomic E-state index is 12.9. The number of amides is 2. The Bertz CT molecular complexity index is 2250. The number of aromatic nitrogens is 2. The molecule has 0 aliphatic rings. The van der Waals surface area contributed by atoms with Crippen molar-refractivity contribution < 1.29 is 66.6 Å². The van der Waals surface area contributed by atoms with Gasteiger partial charge < -0.3 is 44.2 Å². The number of aliphatic hydroxyl groups excluding tert-OH is 1. The molecule has 0 spiro atoms. The van der Waals surface area contributed by atoms with Crippen molar-refractivity contribution in [1.29, 1.82) is 0 Å². The normalized spacial score (nSPS) is 11.4. The van der Waals surface area contributed by atoms with Gasteiger partial charge in [-0.2, -0.15) is 9.13 Å². The minimum absolute atomic E-state index is 0.0885. The van der Waals surface area contributed by atoms with E-state index < -0.39 is 29.9 Å². The summed E-state index contributed by atoms with van der Waals surface area (Å²) in [5.41, 5.74) is 1.52. The van der Waals surface area contributed by atoms with Crippen LogP contribution in [0.3, 0.4) is 0 Å². The molecule has 0 unspecified atom stereocenters. The van der Waals surface area contributed by atoms with Crippen LogP contribution >= 0.6 is 0 Å². The average molecular weight is 811 g/mol. The smallest absolute Gasteiger partial charge is 0.412 e. The lowest BCUT2D eigenvalue weighted by molar-refractivity contribution is -0.727. The van der Waals surface area contributed by atoms with Crippen LogP contribution in [0.1, 0.15) is 59.5 Å². The number of nitrogens with zero attached hydrogens (tertiary/aromatic N) is 2. The Morgan fingerprint density at radius 2 is 1.08 bits per heavy atom. The summed E-state index contributed by atoms with van der Waals surface area (Å²) in [6.45, 7) is 6.99. The number of nitrogens with one attached hydrogen (secondary N) is 2. The highest BCUT2D eigenvalue weighted by Gasteiger charge is 2.19. The van der Waals surface area contributed by atoms with Crippen LogP contribution in [0.4, 0.5) is 9.59 Å². The van der Waals surface area contributed by atoms with Crippen molar-refractivity contribution in [3.63, 3.8) is 0 Å². The average Bonchev–Trinajstić information content (AvgIpc) is 3.21. The Morgan fingerprint density at radius 1 is 0.644 bits per heavy atom. The fourth-order valence-corrected chi connectivity index (χ4v) is 4.93. The van der Waals surface area contributed by atoms with Crippen LogP contribution < -0.4 is 38.7 Å². The van der Waals surface area contributed by atoms with E-state index in [1.807, 2.05) is 0 Å². The molecule has 0 radical (unpaired) electrons. The number of rotatable bonds is 17. The van der Waals surface area contributed by atoms with E-state index in [2.05, 4.69) is 10.6 Å². The molecular formula is C43H46N4O12+2. The van der Waals surface area contributed by atoms with E-state index in [-0.39, 0.29) is 65.4 Å². The summed E-state index contributed by atoms with van der Waals surface area (Å²) in [7, 11) is 2.81. The van der Waals surface area contributed by atoms with Gasteiger partial charge >= 0.3 is 24.1 Å². The summed E-state index contributed by atoms with van der Waals surface area (Å²) in [4.78, 5) is 62.1. The standard InChI is InChI=1S/C43H44N4O12/c1-28(2)44-42(52)56-26-46-19-7-9-32(24-46)40(50)58-36-17-13-30(21-38(36)54-5)11-15-34(48)23-35(49)16-12-31-14-18-37(39(22-31)55-6)59-41(51)33-10-8-20-47(25-33)27-57-43(53)45-29(3)4/h7-25,28-29H,26-27H2,1-6H3,(H-2,44,45,48,49,52,53)/p+2/b15-11+,16-12+. The Kier molecular flexibility index (Phi) is 16.3. The summed E-state index contributed by atoms with van der Waals surface area (Å²) in [6, 6.07) is 15.6. The predicted molar refractivity (Wildman–Crippen MR) is 212 cm³/mol. The van der Waals surface area contributed by atoms with Crippen molar-refractivity contribution in [2.75, 3.05) is 14.2 Å². The molecular weight excluding hydrogens is 764 g/mol. The number of methoxy groups -OCH3 is 2. The minimum Gasteiger partial charge on any atom is -0.508 e. The lowest BCUT2D eigenvalue weighted by Crippen LogP contribution is -2.40. The molecule has 0 aliphatic carbocycles. The van der Waals surface area contributed by atoms with Crippen LogP contribution in [0, 0.1) is 0 Å². The van der Waals surface area contributed by atoms with Gasteiger partial charge in [-0.1, -0.05) is 24.3 Å². The Morgan fingerprint density at radius 3 is 1.51 bits per heavy atom. The minimum atomic E-state index is -0.677. The number of benzene rings is 2. The largest absolute Gasteiger partial charge is 0.508 e. The van der Waals surface area contributed by atoms with Crippen molar-refractivity contribution in [2.45, 2.75) is 53.2 Å². The van der Waals surface area contributed by atoms with Crippen LogP contribution in [0.5, 0.6) is 23.0 Å². The molecule has 2 amide bonds. The molecule has 2 heterocycles. The van der Waals surface area contributed by atoms with Crippen molar-refractivity contribution in [3.8, 4) is 23.0 Å². The van der Waals surface area contributed by atoms with Crippen molar-refractivity contribution in [3.05, 3.63) is 132 Å². The summed E-state index contributed by atoms with van der Waals surface area (Å²) >= 11 is 0. The van der Waals surface area contributed by atoms with Gasteiger partial charge in [-0.3, -0.25) is 4.79 Å². The van der Waals surface area contributed by atoms with Gasteiger partial charge in [0.15, 0.2) is 53.6 Å². The number of esters is 2. The van der Waals surface area contributed by atoms with E-state index in [1.54, 1.807) is 88.6 Å². The molecule has 4 rings (SSSR count). The van der Waals surface area contributed by atoms with Crippen LogP contribution in [0.15, 0.2) is 109 Å². The van der Waals surface area contributed by atoms with E-state index in [0.717, 1.165) is 6.08 Å². The molecule has 16 nitrogen and oxygen atoms in total. The number of hydrogen-bond donors (Lipinski definition) is 3. The van der Waals surface area contributed by atoms with Crippen molar-refractivity contribution in [1.82, 2.24) is 10.6 Å². The summed E-state index contributed by atoms with van der Waals surface area (Å²) < 4.78 is 35.2. The molecule has 3 N–H and O–H groups in total. The monoisotopic (exact) mass is 810 g/mol. The summed E-state index contributed by atoms with van der Waals surface area (Å²) in [6.07, 6.45) is 11.7. The van der Waals surface area contributed by atoms with Gasteiger partial charge in [-0.15, -0.1) is 0 Å². The van der Waals surface area contributed by atoms with E-state index in [9.17, 15) is 29.1 Å². The van der Waals surface area contributed by atoms with Crippen LogP contribution in [-0.4, -0.2) is 61.3 Å². The maximum Gasteiger partial charge on any atom is 0.412 e. The highest BCUT2D eigenvalue weighted by molar-refractivity contribution is 6.02. The third kappa shape index (κ3) is 14.5. The number of ether oxygens (including phenoxy) is 6. The Hall–Kier alpha value is -7.49. The zero-order valence-electron chi connectivity index (χ0n) is 33.4. The number of carbonyl (C=O) groups excluding carboxylic acids is 5. The van der Waals surface area contributed by atoms with Crippen LogP contribution in [0.2, 0.25) is 0 Å². The fourth-order valence-electron chi connectivity index (χ4n) is 4.93. The lowest BCUT2D eigenvalue weighted by atomic mass is 10.1. The van der Waals surface area contributed by atoms with Crippen molar-refractivity contribution >= 4 is 42.1 Å². The Balaban J connectivity index is 1.33. The number of alkyl carbamates (subject to hydrolysis) is 2. The highest BCUT2D eigenvalue weighted by Crippen LogP contribution is 2.30. The quantitative estimate of drug-likeness (QED) is 0.0298. The van der Waals surface area contributed by atoms with E-state index in [4.69, 9.17) is 28.4 Å². The van der Waals surface area contributed by atoms with Gasteiger partial charge in [0.25, 0.3) is 13.5 Å². The zero-order valence-corrected chi connectivity index (χ0v) is 33.4. The van der Waals surface area contributed by atoms with E-state index in [1.165, 1.54) is 72.2 Å². The highest BCUT2D eigenvalue weighted by atomic mass is 16.6. The predicted octanol–water partition coefficient (Wildman–Crippen LogP) is 5.64.